The number of anilines is 1. The van der Waals surface area contributed by atoms with E-state index in [0.29, 0.717) is 11.3 Å². The number of aromatic nitrogens is 2. The van der Waals surface area contributed by atoms with E-state index in [1.165, 1.54) is 42.5 Å². The molecule has 4 aromatic rings. The Morgan fingerprint density at radius 2 is 1.77 bits per heavy atom. The number of fused-ring (bicyclic) bond motifs is 1. The van der Waals surface area contributed by atoms with Gasteiger partial charge < -0.3 is 0 Å². The molecule has 152 valence electrons. The topological polar surface area (TPSA) is 54.9 Å². The summed E-state index contributed by atoms with van der Waals surface area (Å²) >= 11 is 1.11. The van der Waals surface area contributed by atoms with E-state index in [0.717, 1.165) is 22.4 Å². The molecule has 2 aromatic heterocycles. The zero-order chi connectivity index (χ0) is 21.5. The maximum Gasteiger partial charge on any atom is 0.417 e. The Morgan fingerprint density at radius 1 is 1.07 bits per heavy atom. The van der Waals surface area contributed by atoms with Gasteiger partial charge in [0.2, 0.25) is 0 Å². The number of thiazole rings is 1. The van der Waals surface area contributed by atoms with Crippen LogP contribution in [0.1, 0.15) is 20.8 Å². The summed E-state index contributed by atoms with van der Waals surface area (Å²) in [5.74, 6) is -1.36. The van der Waals surface area contributed by atoms with Crippen LogP contribution in [0, 0.1) is 12.7 Å². The number of amides is 1. The molecule has 9 heteroatoms. The number of hydrogen-bond acceptors (Lipinski definition) is 4. The van der Waals surface area contributed by atoms with Crippen LogP contribution in [0.4, 0.5) is 22.7 Å². The molecule has 2 heterocycles. The van der Waals surface area contributed by atoms with Crippen molar-refractivity contribution >= 4 is 33.3 Å². The highest BCUT2D eigenvalue weighted by Crippen LogP contribution is 2.37. The number of benzene rings is 2. The molecule has 0 spiro atoms. The van der Waals surface area contributed by atoms with E-state index in [1.54, 1.807) is 13.0 Å². The van der Waals surface area contributed by atoms with Crippen molar-refractivity contribution < 1.29 is 22.4 Å². The summed E-state index contributed by atoms with van der Waals surface area (Å²) in [6, 6.07) is 11.4. The Morgan fingerprint density at radius 3 is 2.47 bits per heavy atom. The van der Waals surface area contributed by atoms with Gasteiger partial charge in [0.1, 0.15) is 5.82 Å². The van der Waals surface area contributed by atoms with Gasteiger partial charge in [-0.2, -0.15) is 13.2 Å². The van der Waals surface area contributed by atoms with Crippen molar-refractivity contribution in [2.45, 2.75) is 13.1 Å². The minimum Gasteiger partial charge on any atom is -0.298 e. The van der Waals surface area contributed by atoms with Gasteiger partial charge in [-0.3, -0.25) is 15.1 Å². The summed E-state index contributed by atoms with van der Waals surface area (Å²) in [7, 11) is 0. The monoisotopic (exact) mass is 431 g/mol. The predicted octanol–water partition coefficient (Wildman–Crippen LogP) is 6.08. The summed E-state index contributed by atoms with van der Waals surface area (Å²) in [5.41, 5.74) is -0.336. The van der Waals surface area contributed by atoms with Gasteiger partial charge in [-0.1, -0.05) is 18.2 Å². The minimum absolute atomic E-state index is 0.137. The second kappa shape index (κ2) is 7.49. The smallest absolute Gasteiger partial charge is 0.298 e. The Kier molecular flexibility index (Phi) is 4.98. The van der Waals surface area contributed by atoms with Crippen LogP contribution in [0.3, 0.4) is 0 Å². The molecule has 0 radical (unpaired) electrons. The lowest BCUT2D eigenvalue weighted by atomic mass is 10.0. The van der Waals surface area contributed by atoms with E-state index >= 15 is 0 Å². The summed E-state index contributed by atoms with van der Waals surface area (Å²) in [6.07, 6.45) is -3.82. The molecular weight excluding hydrogens is 418 g/mol. The number of nitrogens with one attached hydrogen (secondary N) is 1. The molecule has 2 aromatic carbocycles. The number of pyridine rings is 1. The number of carbonyl (C=O) groups excluding carboxylic acids is 1. The van der Waals surface area contributed by atoms with Crippen molar-refractivity contribution in [1.29, 1.82) is 0 Å². The van der Waals surface area contributed by atoms with E-state index in [4.69, 9.17) is 0 Å². The Hall–Kier alpha value is -3.33. The van der Waals surface area contributed by atoms with Crippen LogP contribution in [0.25, 0.3) is 22.2 Å². The molecule has 0 aliphatic carbocycles. The van der Waals surface area contributed by atoms with Crippen LogP contribution in [0.5, 0.6) is 0 Å². The third-order valence-corrected chi connectivity index (χ3v) is 5.32. The molecule has 1 N–H and O–H groups in total. The van der Waals surface area contributed by atoms with E-state index < -0.39 is 29.0 Å². The predicted molar refractivity (Wildman–Crippen MR) is 107 cm³/mol. The Bertz CT molecular complexity index is 1250. The summed E-state index contributed by atoms with van der Waals surface area (Å²) in [6.45, 7) is 1.75. The van der Waals surface area contributed by atoms with Crippen LogP contribution in [-0.2, 0) is 6.18 Å². The highest BCUT2D eigenvalue weighted by atomic mass is 32.1. The third kappa shape index (κ3) is 3.76. The standard InChI is InChI=1S/C21H13F4N3OS/c1-11-18(12-6-8-13(22)9-7-12)27-20(30-11)28-19(29)15-10-26-16-5-3-2-4-14(16)17(15)21(23,24)25/h2-10H,1H3,(H,27,28,29). The number of nitrogens with zero attached hydrogens (tertiary/aromatic N) is 2. The largest absolute Gasteiger partial charge is 0.417 e. The van der Waals surface area contributed by atoms with Crippen LogP contribution in [0.15, 0.2) is 54.7 Å². The van der Waals surface area contributed by atoms with Crippen molar-refractivity contribution in [3.05, 3.63) is 76.5 Å². The van der Waals surface area contributed by atoms with Crippen LogP contribution in [0.2, 0.25) is 0 Å². The molecule has 0 fully saturated rings. The van der Waals surface area contributed by atoms with Gasteiger partial charge in [0, 0.05) is 22.0 Å². The number of hydrogen-bond donors (Lipinski definition) is 1. The fraction of sp³-hybridized carbons (Fsp3) is 0.0952. The SMILES string of the molecule is Cc1sc(NC(=O)c2cnc3ccccc3c2C(F)(F)F)nc1-c1ccc(F)cc1. The first kappa shape index (κ1) is 20.0. The zero-order valence-corrected chi connectivity index (χ0v) is 16.2. The van der Waals surface area contributed by atoms with E-state index in [2.05, 4.69) is 15.3 Å². The lowest BCUT2D eigenvalue weighted by Crippen LogP contribution is -2.19. The van der Waals surface area contributed by atoms with Crippen molar-refractivity contribution in [2.24, 2.45) is 0 Å². The average molecular weight is 431 g/mol. The summed E-state index contributed by atoms with van der Waals surface area (Å²) < 4.78 is 54.4. The molecule has 4 rings (SSSR count). The number of carbonyl (C=O) groups is 1. The first-order valence-corrected chi connectivity index (χ1v) is 9.55. The van der Waals surface area contributed by atoms with Gasteiger partial charge in [0.05, 0.1) is 22.3 Å². The quantitative estimate of drug-likeness (QED) is 0.400. The van der Waals surface area contributed by atoms with Crippen molar-refractivity contribution in [2.75, 3.05) is 5.32 Å². The van der Waals surface area contributed by atoms with Crippen LogP contribution < -0.4 is 5.32 Å². The lowest BCUT2D eigenvalue weighted by Gasteiger charge is -2.14. The van der Waals surface area contributed by atoms with Gasteiger partial charge in [0.25, 0.3) is 5.91 Å². The van der Waals surface area contributed by atoms with Gasteiger partial charge in [-0.15, -0.1) is 11.3 Å². The average Bonchev–Trinajstić information content (AvgIpc) is 3.06. The number of para-hydroxylation sites is 1. The number of aryl methyl sites for hydroxylation is 1. The molecule has 0 saturated heterocycles. The fourth-order valence-electron chi connectivity index (χ4n) is 3.11. The van der Waals surface area contributed by atoms with Gasteiger partial charge in [0.15, 0.2) is 5.13 Å². The van der Waals surface area contributed by atoms with Gasteiger partial charge in [-0.05, 0) is 37.3 Å². The maximum atomic E-state index is 13.7. The zero-order valence-electron chi connectivity index (χ0n) is 15.4. The first-order valence-electron chi connectivity index (χ1n) is 8.73. The normalized spacial score (nSPS) is 11.6. The Balaban J connectivity index is 1.71. The van der Waals surface area contributed by atoms with Crippen LogP contribution in [-0.4, -0.2) is 15.9 Å². The number of halogens is 4. The summed E-state index contributed by atoms with van der Waals surface area (Å²) in [5, 5.41) is 2.42. The van der Waals surface area contributed by atoms with E-state index in [1.807, 2.05) is 0 Å². The van der Waals surface area contributed by atoms with Gasteiger partial charge >= 0.3 is 6.18 Å². The van der Waals surface area contributed by atoms with Crippen molar-refractivity contribution in [1.82, 2.24) is 9.97 Å². The van der Waals surface area contributed by atoms with E-state index in [9.17, 15) is 22.4 Å². The maximum absolute atomic E-state index is 13.7. The highest BCUT2D eigenvalue weighted by molar-refractivity contribution is 7.16. The molecule has 0 saturated carbocycles. The van der Waals surface area contributed by atoms with Crippen molar-refractivity contribution in [3.63, 3.8) is 0 Å². The van der Waals surface area contributed by atoms with Crippen LogP contribution >= 0.6 is 11.3 Å². The molecular formula is C21H13F4N3OS. The molecule has 0 aliphatic rings. The molecule has 0 bridgehead atoms. The van der Waals surface area contributed by atoms with Crippen molar-refractivity contribution in [3.8, 4) is 11.3 Å². The summed E-state index contributed by atoms with van der Waals surface area (Å²) in [4.78, 5) is 21.7. The van der Waals surface area contributed by atoms with E-state index in [-0.39, 0.29) is 16.0 Å². The highest BCUT2D eigenvalue weighted by Gasteiger charge is 2.37. The second-order valence-electron chi connectivity index (χ2n) is 6.45. The van der Waals surface area contributed by atoms with Gasteiger partial charge in [-0.25, -0.2) is 9.37 Å². The molecule has 30 heavy (non-hydrogen) atoms. The first-order chi connectivity index (χ1) is 14.2. The molecule has 0 aliphatic heterocycles. The molecule has 1 amide bonds. The number of rotatable bonds is 3. The number of alkyl halides is 3. The third-order valence-electron chi connectivity index (χ3n) is 4.44. The minimum atomic E-state index is -4.74. The Labute approximate surface area is 172 Å². The molecule has 0 atom stereocenters. The molecule has 4 nitrogen and oxygen atoms in total. The lowest BCUT2D eigenvalue weighted by molar-refractivity contribution is -0.136. The second-order valence-corrected chi connectivity index (χ2v) is 7.65. The molecule has 0 unspecified atom stereocenters. The fourth-order valence-corrected chi connectivity index (χ4v) is 3.94.